The van der Waals surface area contributed by atoms with Crippen molar-refractivity contribution >= 4 is 39.7 Å². The van der Waals surface area contributed by atoms with Crippen LogP contribution in [0.3, 0.4) is 0 Å². The number of nitro groups is 1. The van der Waals surface area contributed by atoms with Crippen LogP contribution >= 0.6 is 24.0 Å². The monoisotopic (exact) mass is 355 g/mol. The normalized spacial score (nSPS) is 18.2. The lowest BCUT2D eigenvalue weighted by Gasteiger charge is -2.12. The van der Waals surface area contributed by atoms with Crippen molar-refractivity contribution in [2.24, 2.45) is 0 Å². The lowest BCUT2D eigenvalue weighted by Crippen LogP contribution is -2.37. The van der Waals surface area contributed by atoms with Crippen molar-refractivity contribution in [3.8, 4) is 0 Å². The molecule has 1 aliphatic heterocycles. The van der Waals surface area contributed by atoms with Gasteiger partial charge in [-0.25, -0.2) is 13.1 Å². The minimum Gasteiger partial charge on any atom is -0.313 e. The zero-order valence-corrected chi connectivity index (χ0v) is 13.3. The number of nitrogens with zero attached hydrogens (tertiary/aromatic N) is 1. The van der Waals surface area contributed by atoms with Crippen molar-refractivity contribution in [2.75, 3.05) is 13.1 Å². The van der Waals surface area contributed by atoms with E-state index < -0.39 is 25.5 Å². The molecule has 21 heavy (non-hydrogen) atoms. The van der Waals surface area contributed by atoms with Gasteiger partial charge >= 0.3 is 0 Å². The van der Waals surface area contributed by atoms with Crippen molar-refractivity contribution in [1.29, 1.82) is 0 Å². The largest absolute Gasteiger partial charge is 0.313 e. The number of nitrogens with one attached hydrogen (secondary N) is 2. The van der Waals surface area contributed by atoms with Gasteiger partial charge in [0, 0.05) is 18.7 Å². The molecule has 10 heteroatoms. The molecular formula is C11H15Cl2N3O4S. The third-order valence-corrected chi connectivity index (χ3v) is 5.03. The molecule has 1 aromatic rings. The molecule has 0 bridgehead atoms. The fraction of sp³-hybridized carbons (Fsp3) is 0.455. The Bertz CT molecular complexity index is 618. The van der Waals surface area contributed by atoms with Crippen molar-refractivity contribution in [3.63, 3.8) is 0 Å². The van der Waals surface area contributed by atoms with Gasteiger partial charge in [0.15, 0.2) is 4.90 Å². The van der Waals surface area contributed by atoms with Gasteiger partial charge in [-0.05, 0) is 25.5 Å². The summed E-state index contributed by atoms with van der Waals surface area (Å²) in [7, 11) is -4.02. The topological polar surface area (TPSA) is 101 Å². The first-order valence-corrected chi connectivity index (χ1v) is 7.94. The predicted molar refractivity (Wildman–Crippen MR) is 81.6 cm³/mol. The molecule has 1 aliphatic rings. The van der Waals surface area contributed by atoms with E-state index in [1.54, 1.807) is 0 Å². The zero-order valence-electron chi connectivity index (χ0n) is 10.9. The third-order valence-electron chi connectivity index (χ3n) is 3.09. The van der Waals surface area contributed by atoms with Crippen LogP contribution < -0.4 is 10.0 Å². The molecule has 0 aromatic heterocycles. The summed E-state index contributed by atoms with van der Waals surface area (Å²) in [6.45, 7) is 1.03. The van der Waals surface area contributed by atoms with Gasteiger partial charge in [-0.2, -0.15) is 0 Å². The lowest BCUT2D eigenvalue weighted by atomic mass is 10.2. The number of hydrogen-bond donors (Lipinski definition) is 2. The van der Waals surface area contributed by atoms with E-state index in [1.807, 2.05) is 0 Å². The highest BCUT2D eigenvalue weighted by Crippen LogP contribution is 2.30. The van der Waals surface area contributed by atoms with E-state index in [4.69, 9.17) is 11.6 Å². The summed E-state index contributed by atoms with van der Waals surface area (Å²) in [5.41, 5.74) is -0.524. The molecule has 0 spiro atoms. The van der Waals surface area contributed by atoms with Crippen LogP contribution in [0.1, 0.15) is 12.8 Å². The van der Waals surface area contributed by atoms with E-state index in [0.717, 1.165) is 25.5 Å². The zero-order chi connectivity index (χ0) is 14.8. The summed E-state index contributed by atoms with van der Waals surface area (Å²) in [6, 6.07) is 3.83. The van der Waals surface area contributed by atoms with Crippen LogP contribution in [0.5, 0.6) is 0 Å². The summed E-state index contributed by atoms with van der Waals surface area (Å²) in [4.78, 5) is 9.69. The van der Waals surface area contributed by atoms with Crippen LogP contribution in [-0.4, -0.2) is 32.5 Å². The molecule has 0 amide bonds. The standard InChI is InChI=1S/C11H14ClN3O4S.ClH/c12-9-4-1-5-10(15(16)17)11(9)20(18,19)14-7-8-3-2-6-13-8;/h1,4-5,8,13-14H,2-3,6-7H2;1H. The van der Waals surface area contributed by atoms with Gasteiger partial charge in [0.05, 0.1) is 9.95 Å². The predicted octanol–water partition coefficient (Wildman–Crippen LogP) is 1.70. The Balaban J connectivity index is 0.00000220. The Morgan fingerprint density at radius 2 is 2.19 bits per heavy atom. The van der Waals surface area contributed by atoms with E-state index in [9.17, 15) is 18.5 Å². The van der Waals surface area contributed by atoms with Crippen LogP contribution in [0.4, 0.5) is 5.69 Å². The Morgan fingerprint density at radius 1 is 1.48 bits per heavy atom. The van der Waals surface area contributed by atoms with Crippen LogP contribution in [-0.2, 0) is 10.0 Å². The van der Waals surface area contributed by atoms with Gasteiger partial charge in [-0.15, -0.1) is 12.4 Å². The molecule has 2 rings (SSSR count). The van der Waals surface area contributed by atoms with Crippen molar-refractivity contribution in [2.45, 2.75) is 23.8 Å². The van der Waals surface area contributed by atoms with Crippen molar-refractivity contribution in [1.82, 2.24) is 10.0 Å². The highest BCUT2D eigenvalue weighted by atomic mass is 35.5. The van der Waals surface area contributed by atoms with Gasteiger partial charge in [0.2, 0.25) is 10.0 Å². The highest BCUT2D eigenvalue weighted by Gasteiger charge is 2.29. The average molecular weight is 356 g/mol. The van der Waals surface area contributed by atoms with Gasteiger partial charge in [-0.1, -0.05) is 17.7 Å². The van der Waals surface area contributed by atoms with Crippen LogP contribution in [0.15, 0.2) is 23.1 Å². The number of rotatable bonds is 5. The number of benzene rings is 1. The summed E-state index contributed by atoms with van der Waals surface area (Å²) in [5, 5.41) is 13.9. The Hall–Kier alpha value is -0.930. The molecule has 1 fully saturated rings. The number of sulfonamides is 1. The summed E-state index contributed by atoms with van der Waals surface area (Å²) >= 11 is 5.81. The van der Waals surface area contributed by atoms with Crippen molar-refractivity contribution < 1.29 is 13.3 Å². The molecular weight excluding hydrogens is 341 g/mol. The van der Waals surface area contributed by atoms with Crippen LogP contribution in [0, 0.1) is 10.1 Å². The molecule has 1 aromatic carbocycles. The minimum absolute atomic E-state index is 0. The van der Waals surface area contributed by atoms with E-state index in [0.29, 0.717) is 0 Å². The SMILES string of the molecule is Cl.O=[N+]([O-])c1cccc(Cl)c1S(=O)(=O)NCC1CCCN1. The average Bonchev–Trinajstić information content (AvgIpc) is 2.89. The molecule has 118 valence electrons. The quantitative estimate of drug-likeness (QED) is 0.618. The van der Waals surface area contributed by atoms with Crippen LogP contribution in [0.25, 0.3) is 0 Å². The Morgan fingerprint density at radius 3 is 2.76 bits per heavy atom. The number of hydrogen-bond acceptors (Lipinski definition) is 5. The molecule has 1 atom stereocenters. The first kappa shape index (κ1) is 18.1. The second kappa shape index (κ2) is 7.37. The highest BCUT2D eigenvalue weighted by molar-refractivity contribution is 7.89. The molecule has 1 saturated heterocycles. The molecule has 0 saturated carbocycles. The van der Waals surface area contributed by atoms with E-state index in [2.05, 4.69) is 10.0 Å². The molecule has 7 nitrogen and oxygen atoms in total. The van der Waals surface area contributed by atoms with Crippen LogP contribution in [0.2, 0.25) is 5.02 Å². The smallest absolute Gasteiger partial charge is 0.290 e. The van der Waals surface area contributed by atoms with E-state index in [1.165, 1.54) is 12.1 Å². The summed E-state index contributed by atoms with van der Waals surface area (Å²) < 4.78 is 26.8. The minimum atomic E-state index is -4.02. The summed E-state index contributed by atoms with van der Waals surface area (Å²) in [6.07, 6.45) is 1.85. The maximum Gasteiger partial charge on any atom is 0.290 e. The number of nitro benzene ring substituents is 1. The van der Waals surface area contributed by atoms with Gasteiger partial charge < -0.3 is 5.32 Å². The fourth-order valence-corrected chi connectivity index (χ4v) is 3.90. The molecule has 1 unspecified atom stereocenters. The second-order valence-corrected chi connectivity index (χ2v) is 6.60. The Labute approximate surface area is 133 Å². The molecule has 1 heterocycles. The van der Waals surface area contributed by atoms with Gasteiger partial charge in [-0.3, -0.25) is 10.1 Å². The van der Waals surface area contributed by atoms with Gasteiger partial charge in [0.1, 0.15) is 0 Å². The van der Waals surface area contributed by atoms with E-state index >= 15 is 0 Å². The molecule has 0 radical (unpaired) electrons. The maximum absolute atomic E-state index is 12.2. The second-order valence-electron chi connectivity index (χ2n) is 4.49. The molecule has 0 aliphatic carbocycles. The maximum atomic E-state index is 12.2. The Kier molecular flexibility index (Phi) is 6.36. The third kappa shape index (κ3) is 4.27. The number of halogens is 2. The van der Waals surface area contributed by atoms with E-state index in [-0.39, 0.29) is 30.0 Å². The molecule has 2 N–H and O–H groups in total. The lowest BCUT2D eigenvalue weighted by molar-refractivity contribution is -0.387. The first-order valence-electron chi connectivity index (χ1n) is 6.08. The summed E-state index contributed by atoms with van der Waals surface area (Å²) in [5.74, 6) is 0. The van der Waals surface area contributed by atoms with Crippen molar-refractivity contribution in [3.05, 3.63) is 33.3 Å². The van der Waals surface area contributed by atoms with Gasteiger partial charge in [0.25, 0.3) is 5.69 Å². The first-order chi connectivity index (χ1) is 9.42. The fourth-order valence-electron chi connectivity index (χ4n) is 2.12.